The summed E-state index contributed by atoms with van der Waals surface area (Å²) in [4.78, 5) is 0. The van der Waals surface area contributed by atoms with Gasteiger partial charge in [0, 0.05) is 7.11 Å². The first-order valence-corrected chi connectivity index (χ1v) is 20.6. The first kappa shape index (κ1) is 61.2. The molecule has 2 nitrogen and oxygen atoms in total. The number of rotatable bonds is 2. The number of hydrogen-bond acceptors (Lipinski definition) is 2. The predicted octanol–water partition coefficient (Wildman–Crippen LogP) is 17.0. The molecule has 2 aliphatic rings. The number of aliphatic hydroxyl groups is 1. The molecule has 338 valence electrons. The van der Waals surface area contributed by atoms with Crippen LogP contribution in [-0.4, -0.2) is 35.8 Å². The highest BCUT2D eigenvalue weighted by Gasteiger charge is 2.54. The predicted molar refractivity (Wildman–Crippen MR) is 228 cm³/mol. The van der Waals surface area contributed by atoms with Crippen LogP contribution in [0.4, 0.5) is 26.3 Å². The quantitative estimate of drug-likeness (QED) is 0.282. The van der Waals surface area contributed by atoms with Crippen molar-refractivity contribution in [3.8, 4) is 0 Å². The van der Waals surface area contributed by atoms with E-state index >= 15 is 0 Å². The number of alkyl halides is 6. The van der Waals surface area contributed by atoms with E-state index in [1.54, 1.807) is 48.7 Å². The maximum atomic E-state index is 12.3. The summed E-state index contributed by atoms with van der Waals surface area (Å²) in [7, 11) is 1.76. The molecule has 55 heavy (non-hydrogen) atoms. The summed E-state index contributed by atoms with van der Waals surface area (Å²) in [5.74, 6) is 0.375. The molecular formula is C47H96F6O2. The van der Waals surface area contributed by atoms with Gasteiger partial charge >= 0.3 is 12.4 Å². The molecule has 2 rings (SSSR count). The van der Waals surface area contributed by atoms with Crippen molar-refractivity contribution in [3.63, 3.8) is 0 Å². The van der Waals surface area contributed by atoms with Crippen molar-refractivity contribution < 1.29 is 36.2 Å². The molecule has 2 fully saturated rings. The Morgan fingerprint density at radius 2 is 0.745 bits per heavy atom. The number of methoxy groups -OCH3 is 1. The van der Waals surface area contributed by atoms with E-state index in [1.165, 1.54) is 46.5 Å². The zero-order chi connectivity index (χ0) is 46.3. The first-order chi connectivity index (χ1) is 23.2. The lowest BCUT2D eigenvalue weighted by Crippen LogP contribution is -2.43. The summed E-state index contributed by atoms with van der Waals surface area (Å²) in [6, 6.07) is 0. The Labute approximate surface area is 339 Å². The summed E-state index contributed by atoms with van der Waals surface area (Å²) in [5.41, 5.74) is -1.78. The van der Waals surface area contributed by atoms with Gasteiger partial charge in [-0.15, -0.1) is 0 Å². The molecule has 0 aromatic rings. The van der Waals surface area contributed by atoms with Crippen molar-refractivity contribution in [2.75, 3.05) is 7.11 Å². The summed E-state index contributed by atoms with van der Waals surface area (Å²) in [5, 5.41) is 9.99. The van der Waals surface area contributed by atoms with Crippen LogP contribution in [0.5, 0.6) is 0 Å². The van der Waals surface area contributed by atoms with Gasteiger partial charge in [0.15, 0.2) is 0 Å². The van der Waals surface area contributed by atoms with Crippen LogP contribution in [0.3, 0.4) is 0 Å². The van der Waals surface area contributed by atoms with E-state index in [4.69, 9.17) is 4.74 Å². The SMILES string of the molecule is CC(C(C)(C)C)C(F)(F)F.CC(C)(C)C(C)(C)C.CC(C)(C)C(C)(C)C(F)(F)F.CC(C)(C)C(C)(O)C1CC1.CC(C)(C)C1CC1.COC(C)(C)C(C)(C)C. The van der Waals surface area contributed by atoms with E-state index in [2.05, 4.69) is 118 Å². The van der Waals surface area contributed by atoms with Gasteiger partial charge in [0.1, 0.15) is 0 Å². The third kappa shape index (κ3) is 23.6. The number of halogens is 6. The van der Waals surface area contributed by atoms with Gasteiger partial charge in [0.2, 0.25) is 0 Å². The fourth-order valence-corrected chi connectivity index (χ4v) is 3.43. The summed E-state index contributed by atoms with van der Waals surface area (Å²) in [6.07, 6.45) is -2.80. The third-order valence-electron chi connectivity index (χ3n) is 13.6. The Morgan fingerprint density at radius 1 is 0.455 bits per heavy atom. The summed E-state index contributed by atoms with van der Waals surface area (Å²) < 4.78 is 78.1. The first-order valence-electron chi connectivity index (χ1n) is 20.6. The second-order valence-corrected chi connectivity index (χ2v) is 24.8. The number of ether oxygens (including phenoxy) is 1. The maximum absolute atomic E-state index is 12.3. The largest absolute Gasteiger partial charge is 0.394 e. The lowest BCUT2D eigenvalue weighted by molar-refractivity contribution is -0.243. The molecule has 0 aliphatic heterocycles. The van der Waals surface area contributed by atoms with Crippen molar-refractivity contribution in [3.05, 3.63) is 0 Å². The molecule has 0 aromatic carbocycles. The molecule has 0 heterocycles. The summed E-state index contributed by atoms with van der Waals surface area (Å²) >= 11 is 0. The topological polar surface area (TPSA) is 29.5 Å². The monoisotopic (exact) mass is 807 g/mol. The van der Waals surface area contributed by atoms with Crippen LogP contribution in [0.25, 0.3) is 0 Å². The van der Waals surface area contributed by atoms with Gasteiger partial charge in [-0.05, 0) is 96.2 Å². The van der Waals surface area contributed by atoms with Crippen molar-refractivity contribution in [2.24, 2.45) is 61.1 Å². The van der Waals surface area contributed by atoms with Gasteiger partial charge in [-0.1, -0.05) is 166 Å². The molecule has 0 spiro atoms. The van der Waals surface area contributed by atoms with Crippen LogP contribution < -0.4 is 0 Å². The zero-order valence-corrected chi connectivity index (χ0v) is 41.7. The van der Waals surface area contributed by atoms with Crippen molar-refractivity contribution in [2.45, 2.75) is 236 Å². The van der Waals surface area contributed by atoms with Gasteiger partial charge in [-0.25, -0.2) is 0 Å². The highest BCUT2D eigenvalue weighted by molar-refractivity contribution is 4.98. The highest BCUT2D eigenvalue weighted by atomic mass is 19.4. The average molecular weight is 807 g/mol. The van der Waals surface area contributed by atoms with Crippen LogP contribution in [0, 0.1) is 61.1 Å². The molecule has 0 saturated heterocycles. The van der Waals surface area contributed by atoms with Crippen LogP contribution in [0.2, 0.25) is 0 Å². The Morgan fingerprint density at radius 3 is 0.764 bits per heavy atom. The fraction of sp³-hybridized carbons (Fsp3) is 1.00. The van der Waals surface area contributed by atoms with E-state index < -0.39 is 40.1 Å². The molecule has 0 bridgehead atoms. The van der Waals surface area contributed by atoms with E-state index in [-0.39, 0.29) is 16.4 Å². The minimum Gasteiger partial charge on any atom is -0.389 e. The van der Waals surface area contributed by atoms with E-state index in [9.17, 15) is 31.4 Å². The molecule has 2 saturated carbocycles. The second kappa shape index (κ2) is 20.2. The number of hydrogen-bond donors (Lipinski definition) is 1. The van der Waals surface area contributed by atoms with Crippen LogP contribution in [0.1, 0.15) is 213 Å². The van der Waals surface area contributed by atoms with Gasteiger partial charge in [0.05, 0.1) is 22.5 Å². The van der Waals surface area contributed by atoms with Crippen molar-refractivity contribution in [1.29, 1.82) is 0 Å². The molecule has 8 heteroatoms. The van der Waals surface area contributed by atoms with Crippen LogP contribution in [-0.2, 0) is 4.74 Å². The van der Waals surface area contributed by atoms with Gasteiger partial charge < -0.3 is 9.84 Å². The van der Waals surface area contributed by atoms with Gasteiger partial charge in [-0.3, -0.25) is 0 Å². The zero-order valence-electron chi connectivity index (χ0n) is 41.7. The molecule has 2 atom stereocenters. The van der Waals surface area contributed by atoms with Gasteiger partial charge in [0.25, 0.3) is 0 Å². The van der Waals surface area contributed by atoms with Crippen LogP contribution in [0.15, 0.2) is 0 Å². The van der Waals surface area contributed by atoms with E-state index in [0.29, 0.717) is 22.2 Å². The molecular weight excluding hydrogens is 711 g/mol. The van der Waals surface area contributed by atoms with E-state index in [1.807, 2.05) is 6.92 Å². The Balaban J connectivity index is -0.000000285. The van der Waals surface area contributed by atoms with Crippen molar-refractivity contribution in [1.82, 2.24) is 0 Å². The Kier molecular flexibility index (Phi) is 22.4. The average Bonchev–Trinajstić information content (AvgIpc) is 3.77. The van der Waals surface area contributed by atoms with E-state index in [0.717, 1.165) is 5.92 Å². The minimum absolute atomic E-state index is 0.0208. The lowest BCUT2D eigenvalue weighted by atomic mass is 9.69. The molecule has 0 radical (unpaired) electrons. The molecule has 1 N–H and O–H groups in total. The molecule has 2 unspecified atom stereocenters. The second-order valence-electron chi connectivity index (χ2n) is 24.8. The van der Waals surface area contributed by atoms with Gasteiger partial charge in [-0.2, -0.15) is 26.3 Å². The van der Waals surface area contributed by atoms with Crippen LogP contribution >= 0.6 is 0 Å². The smallest absolute Gasteiger partial charge is 0.389 e. The molecule has 2 aliphatic carbocycles. The Hall–Kier alpha value is -0.500. The molecule has 0 aromatic heterocycles. The third-order valence-corrected chi connectivity index (χ3v) is 13.6. The normalized spacial score (nSPS) is 18.2. The Bertz CT molecular complexity index is 997. The standard InChI is InChI=1S/C9H18O.C8H15F3.C8H18O.C8H18.C7H13F3.C7H14/c1-8(2,3)9(4,10)7-5-6-7;1-6(2,3)7(4,5)8(9,10)11;1-7(2,3)8(4,5)9-6;1-7(2,3)8(4,5)6;1-5(6(2,3)4)7(8,9)10;1-7(2,3)6-4-5-6/h7,10H,5-6H2,1-4H3;1-5H3;1-6H3;1-6H3;5H,1-4H3;6H,4-5H2,1-3H3. The highest BCUT2D eigenvalue weighted by Crippen LogP contribution is 2.50. The minimum atomic E-state index is -4.12. The molecule has 0 amide bonds. The summed E-state index contributed by atoms with van der Waals surface area (Å²) in [6.45, 7) is 52.8. The fourth-order valence-electron chi connectivity index (χ4n) is 3.43. The lowest BCUT2D eigenvalue weighted by Gasteiger charge is -2.40. The van der Waals surface area contributed by atoms with Crippen molar-refractivity contribution >= 4 is 0 Å². The maximum Gasteiger partial charge on any atom is 0.394 e.